The van der Waals surface area contributed by atoms with Crippen LogP contribution in [0.25, 0.3) is 11.3 Å². The lowest BCUT2D eigenvalue weighted by atomic mass is 9.97. The highest BCUT2D eigenvalue weighted by Gasteiger charge is 2.24. The van der Waals surface area contributed by atoms with Crippen LogP contribution in [0.3, 0.4) is 0 Å². The van der Waals surface area contributed by atoms with E-state index in [0.29, 0.717) is 6.54 Å². The molecular formula is C26H41N5O4. The monoisotopic (exact) mass is 487 g/mol. The zero-order chi connectivity index (χ0) is 25.7. The van der Waals surface area contributed by atoms with Crippen molar-refractivity contribution < 1.29 is 19.4 Å². The standard InChI is InChI=1S/C15H20N2O.C11H21N3O3/c1-3-15(18,4-2)12-17-14(10-11-16-17)13-8-6-5-7-9-13;1-2-16-11(15)9(14-13)10(12)17-8-6-4-3-5-7-8/h5-11,18H,3-4,12H2,1-2H3;8,14H,2-7,12-13H2,1H3/b;10-9+. The van der Waals surface area contributed by atoms with Crippen LogP contribution in [-0.2, 0) is 20.8 Å². The summed E-state index contributed by atoms with van der Waals surface area (Å²) in [5.74, 6) is 4.66. The molecule has 1 fully saturated rings. The van der Waals surface area contributed by atoms with E-state index in [0.717, 1.165) is 49.8 Å². The lowest BCUT2D eigenvalue weighted by molar-refractivity contribution is -0.139. The van der Waals surface area contributed by atoms with Gasteiger partial charge in [-0.15, -0.1) is 0 Å². The fraction of sp³-hybridized carbons (Fsp3) is 0.538. The number of hydrogen-bond donors (Lipinski definition) is 4. The van der Waals surface area contributed by atoms with Gasteiger partial charge in [0.15, 0.2) is 5.70 Å². The number of aliphatic hydroxyl groups is 1. The molecule has 9 nitrogen and oxygen atoms in total. The number of rotatable bonds is 10. The van der Waals surface area contributed by atoms with Gasteiger partial charge < -0.3 is 25.7 Å². The molecule has 2 aromatic rings. The second kappa shape index (κ2) is 14.4. The Hall–Kier alpha value is -3.04. The third kappa shape index (κ3) is 8.60. The van der Waals surface area contributed by atoms with Crippen LogP contribution in [0, 0.1) is 0 Å². The first-order valence-corrected chi connectivity index (χ1v) is 12.5. The van der Waals surface area contributed by atoms with Gasteiger partial charge in [-0.1, -0.05) is 50.6 Å². The van der Waals surface area contributed by atoms with Gasteiger partial charge in [-0.05, 0) is 57.1 Å². The Bertz CT molecular complexity index is 919. The molecule has 6 N–H and O–H groups in total. The Morgan fingerprint density at radius 3 is 2.37 bits per heavy atom. The molecule has 1 aromatic carbocycles. The van der Waals surface area contributed by atoms with Crippen molar-refractivity contribution in [2.75, 3.05) is 6.61 Å². The number of carbonyl (C=O) groups is 1. The van der Waals surface area contributed by atoms with Crippen LogP contribution in [0.1, 0.15) is 65.7 Å². The topological polar surface area (TPSA) is 138 Å². The van der Waals surface area contributed by atoms with Gasteiger partial charge >= 0.3 is 5.97 Å². The molecule has 0 spiro atoms. The Labute approximate surface area is 208 Å². The quantitative estimate of drug-likeness (QED) is 0.131. The highest BCUT2D eigenvalue weighted by molar-refractivity contribution is 5.88. The molecule has 35 heavy (non-hydrogen) atoms. The first-order valence-electron chi connectivity index (χ1n) is 12.5. The number of ether oxygens (including phenoxy) is 2. The van der Waals surface area contributed by atoms with Gasteiger partial charge in [0.25, 0.3) is 0 Å². The largest absolute Gasteiger partial charge is 0.474 e. The molecule has 1 heterocycles. The van der Waals surface area contributed by atoms with Gasteiger partial charge in [0, 0.05) is 6.20 Å². The highest BCUT2D eigenvalue weighted by Crippen LogP contribution is 2.24. The minimum atomic E-state index is -0.671. The Balaban J connectivity index is 0.000000247. The first-order chi connectivity index (χ1) is 16.9. The molecule has 0 atom stereocenters. The predicted molar refractivity (Wildman–Crippen MR) is 136 cm³/mol. The predicted octanol–water partition coefficient (Wildman–Crippen LogP) is 3.59. The van der Waals surface area contributed by atoms with E-state index in [-0.39, 0.29) is 24.3 Å². The number of nitrogens with two attached hydrogens (primary N) is 2. The molecular weight excluding hydrogens is 446 g/mol. The second-order valence-electron chi connectivity index (χ2n) is 8.65. The summed E-state index contributed by atoms with van der Waals surface area (Å²) in [5.41, 5.74) is 9.43. The molecule has 1 saturated carbocycles. The summed E-state index contributed by atoms with van der Waals surface area (Å²) in [6.45, 7) is 6.53. The van der Waals surface area contributed by atoms with Crippen LogP contribution < -0.4 is 17.0 Å². The molecule has 0 radical (unpaired) electrons. The molecule has 194 valence electrons. The number of nitrogens with zero attached hydrogens (tertiary/aromatic N) is 2. The van der Waals surface area contributed by atoms with E-state index in [2.05, 4.69) is 22.7 Å². The molecule has 0 bridgehead atoms. The maximum Gasteiger partial charge on any atom is 0.361 e. The molecule has 0 amide bonds. The zero-order valence-corrected chi connectivity index (χ0v) is 21.2. The number of aromatic nitrogens is 2. The summed E-state index contributed by atoms with van der Waals surface area (Å²) in [6.07, 6.45) is 8.72. The highest BCUT2D eigenvalue weighted by atomic mass is 16.5. The lowest BCUT2D eigenvalue weighted by Gasteiger charge is -2.26. The van der Waals surface area contributed by atoms with Crippen molar-refractivity contribution in [1.29, 1.82) is 0 Å². The fourth-order valence-corrected chi connectivity index (χ4v) is 3.92. The molecule has 0 saturated heterocycles. The smallest absolute Gasteiger partial charge is 0.361 e. The van der Waals surface area contributed by atoms with Crippen LogP contribution in [-0.4, -0.2) is 39.2 Å². The van der Waals surface area contributed by atoms with Crippen LogP contribution >= 0.6 is 0 Å². The average molecular weight is 488 g/mol. The SMILES string of the molecule is CCC(O)(CC)Cn1nccc1-c1ccccc1.CCOC(=O)/C(NN)=C(/N)OC1CCCCC1. The number of esters is 1. The molecule has 1 aromatic heterocycles. The maximum absolute atomic E-state index is 11.5. The van der Waals surface area contributed by atoms with E-state index >= 15 is 0 Å². The Morgan fingerprint density at radius 2 is 1.80 bits per heavy atom. The van der Waals surface area contributed by atoms with Crippen molar-refractivity contribution in [3.05, 3.63) is 54.2 Å². The molecule has 0 aliphatic heterocycles. The van der Waals surface area contributed by atoms with Crippen LogP contribution in [0.15, 0.2) is 54.2 Å². The van der Waals surface area contributed by atoms with E-state index in [4.69, 9.17) is 21.1 Å². The summed E-state index contributed by atoms with van der Waals surface area (Å²) < 4.78 is 12.2. The zero-order valence-electron chi connectivity index (χ0n) is 21.2. The number of carbonyl (C=O) groups excluding carboxylic acids is 1. The second-order valence-corrected chi connectivity index (χ2v) is 8.65. The van der Waals surface area contributed by atoms with Crippen molar-refractivity contribution in [3.8, 4) is 11.3 Å². The first kappa shape index (κ1) is 28.2. The van der Waals surface area contributed by atoms with Gasteiger partial charge in [0.2, 0.25) is 5.88 Å². The van der Waals surface area contributed by atoms with E-state index < -0.39 is 11.6 Å². The average Bonchev–Trinajstić information content (AvgIpc) is 3.34. The van der Waals surface area contributed by atoms with E-state index in [1.807, 2.05) is 42.8 Å². The number of nitrogens with one attached hydrogen (secondary N) is 1. The molecule has 3 rings (SSSR count). The number of benzene rings is 1. The van der Waals surface area contributed by atoms with Crippen LogP contribution in [0.2, 0.25) is 0 Å². The van der Waals surface area contributed by atoms with E-state index in [1.54, 1.807) is 13.1 Å². The third-order valence-corrected chi connectivity index (χ3v) is 6.26. The summed E-state index contributed by atoms with van der Waals surface area (Å²) >= 11 is 0. The van der Waals surface area contributed by atoms with Gasteiger partial charge in [0.1, 0.15) is 6.10 Å². The molecule has 0 unspecified atom stereocenters. The van der Waals surface area contributed by atoms with Crippen molar-refractivity contribution in [1.82, 2.24) is 15.2 Å². The van der Waals surface area contributed by atoms with Gasteiger partial charge in [-0.25, -0.2) is 4.79 Å². The third-order valence-electron chi connectivity index (χ3n) is 6.26. The van der Waals surface area contributed by atoms with Gasteiger partial charge in [0.05, 0.1) is 24.4 Å². The minimum absolute atomic E-state index is 0.0119. The van der Waals surface area contributed by atoms with E-state index in [9.17, 15) is 9.90 Å². The van der Waals surface area contributed by atoms with E-state index in [1.165, 1.54) is 6.42 Å². The Kier molecular flexibility index (Phi) is 11.6. The summed E-state index contributed by atoms with van der Waals surface area (Å²) in [5, 5.41) is 14.7. The molecule has 1 aliphatic rings. The number of hydrazine groups is 1. The van der Waals surface area contributed by atoms with Crippen molar-refractivity contribution in [2.24, 2.45) is 11.6 Å². The van der Waals surface area contributed by atoms with Crippen molar-refractivity contribution in [3.63, 3.8) is 0 Å². The fourth-order valence-electron chi connectivity index (χ4n) is 3.92. The van der Waals surface area contributed by atoms with Crippen molar-refractivity contribution in [2.45, 2.75) is 84.0 Å². The number of hydrogen-bond acceptors (Lipinski definition) is 8. The lowest BCUT2D eigenvalue weighted by Crippen LogP contribution is -2.33. The van der Waals surface area contributed by atoms with Crippen LogP contribution in [0.5, 0.6) is 0 Å². The molecule has 1 aliphatic carbocycles. The summed E-state index contributed by atoms with van der Waals surface area (Å²) in [4.78, 5) is 11.5. The maximum atomic E-state index is 11.5. The van der Waals surface area contributed by atoms with Gasteiger partial charge in [-0.2, -0.15) is 5.10 Å². The van der Waals surface area contributed by atoms with Crippen LogP contribution in [0.4, 0.5) is 0 Å². The van der Waals surface area contributed by atoms with Crippen molar-refractivity contribution >= 4 is 5.97 Å². The minimum Gasteiger partial charge on any atom is -0.474 e. The normalized spacial score (nSPS) is 14.9. The molecule has 9 heteroatoms. The summed E-state index contributed by atoms with van der Waals surface area (Å²) in [6, 6.07) is 12.1. The van der Waals surface area contributed by atoms with Gasteiger partial charge in [-0.3, -0.25) is 10.5 Å². The summed E-state index contributed by atoms with van der Waals surface area (Å²) in [7, 11) is 0. The Morgan fingerprint density at radius 1 is 1.14 bits per heavy atom.